The number of ether oxygens (including phenoxy) is 2. The van der Waals surface area contributed by atoms with Gasteiger partial charge in [-0.15, -0.1) is 0 Å². The van der Waals surface area contributed by atoms with Gasteiger partial charge in [0.25, 0.3) is 0 Å². The molecule has 9 heavy (non-hydrogen) atoms. The molecule has 0 rings (SSSR count). The molecule has 0 aliphatic carbocycles. The second kappa shape index (κ2) is 6.11. The van der Waals surface area contributed by atoms with Crippen molar-refractivity contribution in [2.24, 2.45) is 0 Å². The number of hydrogen-bond donors (Lipinski definition) is 0. The quantitative estimate of drug-likeness (QED) is 0.568. The highest BCUT2D eigenvalue weighted by atomic mass is 127. The molecule has 0 saturated heterocycles. The van der Waals surface area contributed by atoms with E-state index in [2.05, 4.69) is 45.2 Å². The molecule has 0 aliphatic rings. The summed E-state index contributed by atoms with van der Waals surface area (Å²) in [4.78, 5) is 0. The summed E-state index contributed by atoms with van der Waals surface area (Å²) in [6, 6.07) is 0. The SMILES string of the molecule is COC(I)CC(I)OC. The lowest BCUT2D eigenvalue weighted by molar-refractivity contribution is 0.119. The van der Waals surface area contributed by atoms with Crippen molar-refractivity contribution in [2.75, 3.05) is 14.2 Å². The van der Waals surface area contributed by atoms with E-state index in [0.717, 1.165) is 6.42 Å². The first-order valence-electron chi connectivity index (χ1n) is 2.54. The lowest BCUT2D eigenvalue weighted by Gasteiger charge is -2.10. The number of alkyl halides is 2. The number of hydrogen-bond acceptors (Lipinski definition) is 2. The molecule has 0 spiro atoms. The highest BCUT2D eigenvalue weighted by molar-refractivity contribution is 14.1. The van der Waals surface area contributed by atoms with Crippen LogP contribution in [0, 0.1) is 0 Å². The van der Waals surface area contributed by atoms with Gasteiger partial charge in [0, 0.05) is 20.6 Å². The van der Waals surface area contributed by atoms with Crippen LogP contribution in [0.5, 0.6) is 0 Å². The van der Waals surface area contributed by atoms with Crippen molar-refractivity contribution >= 4 is 45.2 Å². The van der Waals surface area contributed by atoms with Gasteiger partial charge in [-0.1, -0.05) is 45.2 Å². The minimum absolute atomic E-state index is 0.268. The summed E-state index contributed by atoms with van der Waals surface area (Å²) >= 11 is 4.47. The molecule has 56 valence electrons. The Morgan fingerprint density at radius 3 is 1.67 bits per heavy atom. The zero-order chi connectivity index (χ0) is 7.28. The maximum absolute atomic E-state index is 5.02. The Balaban J connectivity index is 3.22. The summed E-state index contributed by atoms with van der Waals surface area (Å²) in [5, 5.41) is 0. The lowest BCUT2D eigenvalue weighted by Crippen LogP contribution is -2.10. The molecule has 0 bridgehead atoms. The Labute approximate surface area is 82.9 Å². The average Bonchev–Trinajstić information content (AvgIpc) is 1.87. The van der Waals surface area contributed by atoms with Gasteiger partial charge in [-0.2, -0.15) is 0 Å². The fourth-order valence-corrected chi connectivity index (χ4v) is 2.23. The minimum atomic E-state index is 0.268. The van der Waals surface area contributed by atoms with Crippen molar-refractivity contribution in [2.45, 2.75) is 14.6 Å². The summed E-state index contributed by atoms with van der Waals surface area (Å²) < 4.78 is 10.6. The van der Waals surface area contributed by atoms with Crippen LogP contribution in [-0.4, -0.2) is 22.4 Å². The van der Waals surface area contributed by atoms with E-state index < -0.39 is 0 Å². The van der Waals surface area contributed by atoms with Crippen molar-refractivity contribution in [3.05, 3.63) is 0 Å². The van der Waals surface area contributed by atoms with Crippen LogP contribution in [0.3, 0.4) is 0 Å². The molecule has 2 nitrogen and oxygen atoms in total. The van der Waals surface area contributed by atoms with Gasteiger partial charge in [0.2, 0.25) is 0 Å². The van der Waals surface area contributed by atoms with Gasteiger partial charge in [0.15, 0.2) is 0 Å². The van der Waals surface area contributed by atoms with Crippen molar-refractivity contribution in [3.63, 3.8) is 0 Å². The maximum Gasteiger partial charge on any atom is 0.111 e. The van der Waals surface area contributed by atoms with Crippen LogP contribution in [0.1, 0.15) is 6.42 Å². The van der Waals surface area contributed by atoms with E-state index in [-0.39, 0.29) is 8.22 Å². The Morgan fingerprint density at radius 1 is 1.11 bits per heavy atom. The highest BCUT2D eigenvalue weighted by Crippen LogP contribution is 2.15. The highest BCUT2D eigenvalue weighted by Gasteiger charge is 2.07. The van der Waals surface area contributed by atoms with Crippen LogP contribution >= 0.6 is 45.2 Å². The molecule has 0 heterocycles. The van der Waals surface area contributed by atoms with Crippen LogP contribution in [0.4, 0.5) is 0 Å². The molecule has 0 radical (unpaired) electrons. The molecule has 0 N–H and O–H groups in total. The van der Waals surface area contributed by atoms with Crippen molar-refractivity contribution in [1.29, 1.82) is 0 Å². The normalized spacial score (nSPS) is 17.3. The van der Waals surface area contributed by atoms with E-state index in [4.69, 9.17) is 9.47 Å². The standard InChI is InChI=1S/C5H10I2O2/c1-8-4(6)3-5(7)9-2/h4-5H,3H2,1-2H3. The second-order valence-electron chi connectivity index (χ2n) is 1.53. The van der Waals surface area contributed by atoms with Crippen LogP contribution in [0.15, 0.2) is 0 Å². The van der Waals surface area contributed by atoms with Crippen LogP contribution in [-0.2, 0) is 9.47 Å². The zero-order valence-corrected chi connectivity index (χ0v) is 9.75. The molecule has 0 aromatic carbocycles. The van der Waals surface area contributed by atoms with Crippen molar-refractivity contribution < 1.29 is 9.47 Å². The third kappa shape index (κ3) is 5.81. The number of halogens is 2. The largest absolute Gasteiger partial charge is 0.371 e. The molecule has 0 aliphatic heterocycles. The maximum atomic E-state index is 5.02. The fourth-order valence-electron chi connectivity index (χ4n) is 0.338. The summed E-state index contributed by atoms with van der Waals surface area (Å²) in [5.41, 5.74) is 0. The Morgan fingerprint density at radius 2 is 1.44 bits per heavy atom. The molecule has 4 heteroatoms. The predicted octanol–water partition coefficient (Wildman–Crippen LogP) is 2.19. The van der Waals surface area contributed by atoms with E-state index >= 15 is 0 Å². The van der Waals surface area contributed by atoms with Gasteiger partial charge in [-0.3, -0.25) is 0 Å². The molecule has 0 fully saturated rings. The van der Waals surface area contributed by atoms with E-state index in [1.165, 1.54) is 0 Å². The lowest BCUT2D eigenvalue weighted by atomic mass is 10.5. The molecule has 0 saturated carbocycles. The topological polar surface area (TPSA) is 18.5 Å². The first kappa shape index (κ1) is 10.4. The Bertz CT molecular complexity index is 62.0. The summed E-state index contributed by atoms with van der Waals surface area (Å²) in [6.07, 6.45) is 0.939. The van der Waals surface area contributed by atoms with Gasteiger partial charge < -0.3 is 9.47 Å². The average molecular weight is 356 g/mol. The molecule has 0 amide bonds. The molecule has 0 aromatic rings. The van der Waals surface area contributed by atoms with Crippen LogP contribution < -0.4 is 0 Å². The first-order valence-corrected chi connectivity index (χ1v) is 5.03. The number of rotatable bonds is 4. The summed E-state index contributed by atoms with van der Waals surface area (Å²) in [5.74, 6) is 0. The van der Waals surface area contributed by atoms with Crippen molar-refractivity contribution in [3.8, 4) is 0 Å². The van der Waals surface area contributed by atoms with E-state index in [1.807, 2.05) is 0 Å². The smallest absolute Gasteiger partial charge is 0.111 e. The van der Waals surface area contributed by atoms with Gasteiger partial charge in [-0.25, -0.2) is 0 Å². The predicted molar refractivity (Wildman–Crippen MR) is 54.3 cm³/mol. The van der Waals surface area contributed by atoms with Crippen molar-refractivity contribution in [1.82, 2.24) is 0 Å². The van der Waals surface area contributed by atoms with Gasteiger partial charge in [0.05, 0.1) is 0 Å². The van der Waals surface area contributed by atoms with E-state index in [1.54, 1.807) is 14.2 Å². The van der Waals surface area contributed by atoms with Gasteiger partial charge >= 0.3 is 0 Å². The summed E-state index contributed by atoms with van der Waals surface area (Å²) in [6.45, 7) is 0. The third-order valence-electron chi connectivity index (χ3n) is 0.882. The molecule has 2 unspecified atom stereocenters. The number of methoxy groups -OCH3 is 2. The van der Waals surface area contributed by atoms with Gasteiger partial charge in [0.1, 0.15) is 8.22 Å². The Hall–Kier alpha value is 1.38. The van der Waals surface area contributed by atoms with Gasteiger partial charge in [-0.05, 0) is 0 Å². The minimum Gasteiger partial charge on any atom is -0.371 e. The monoisotopic (exact) mass is 356 g/mol. The molecular formula is C5H10I2O2. The fraction of sp³-hybridized carbons (Fsp3) is 1.00. The third-order valence-corrected chi connectivity index (χ3v) is 2.92. The first-order chi connectivity index (χ1) is 4.20. The van der Waals surface area contributed by atoms with E-state index in [9.17, 15) is 0 Å². The zero-order valence-electron chi connectivity index (χ0n) is 5.43. The molecular weight excluding hydrogens is 346 g/mol. The van der Waals surface area contributed by atoms with Crippen LogP contribution in [0.25, 0.3) is 0 Å². The molecule has 2 atom stereocenters. The van der Waals surface area contributed by atoms with E-state index in [0.29, 0.717) is 0 Å². The Kier molecular flexibility index (Phi) is 7.05. The van der Waals surface area contributed by atoms with Crippen LogP contribution in [0.2, 0.25) is 0 Å². The second-order valence-corrected chi connectivity index (χ2v) is 4.31. The summed E-state index contributed by atoms with van der Waals surface area (Å²) in [7, 11) is 3.41. The molecule has 0 aromatic heterocycles.